The molecule has 1 atom stereocenters. The Morgan fingerprint density at radius 3 is 2.29 bits per heavy atom. The van der Waals surface area contributed by atoms with Crippen LogP contribution in [0.2, 0.25) is 0 Å². The van der Waals surface area contributed by atoms with Crippen molar-refractivity contribution >= 4 is 43.4 Å². The first-order valence-corrected chi connectivity index (χ1v) is 9.56. The molecule has 0 bridgehead atoms. The van der Waals surface area contributed by atoms with Crippen molar-refractivity contribution in [3.63, 3.8) is 0 Å². The number of fused-ring (bicyclic) bond motifs is 1. The molecule has 6 aromatic rings. The van der Waals surface area contributed by atoms with Crippen LogP contribution in [0, 0.1) is 0 Å². The molecule has 3 nitrogen and oxygen atoms in total. The Balaban J connectivity index is 1.50. The summed E-state index contributed by atoms with van der Waals surface area (Å²) in [4.78, 5) is 8.07. The fraction of sp³-hybridized carbons (Fsp3) is 0.0800. The third-order valence-corrected chi connectivity index (χ3v) is 5.59. The fourth-order valence-electron chi connectivity index (χ4n) is 4.22. The molecule has 0 aliphatic carbocycles. The van der Waals surface area contributed by atoms with Gasteiger partial charge in [-0.15, -0.1) is 0 Å². The summed E-state index contributed by atoms with van der Waals surface area (Å²) in [5.41, 5.74) is 1.99. The summed E-state index contributed by atoms with van der Waals surface area (Å²) in [6.45, 7) is 2.04. The van der Waals surface area contributed by atoms with Gasteiger partial charge in [-0.3, -0.25) is 0 Å². The molecule has 1 aromatic heterocycles. The standard InChI is InChI=1S/C25H18N2O/c1-15(25-26-20-7-2-3-8-21(20)27-25)28-22-14-12-18-10-9-16-5-4-6-17-11-13-19(22)24(18)23(16)17/h2-15H,1H3,(H,26,27). The van der Waals surface area contributed by atoms with Gasteiger partial charge >= 0.3 is 0 Å². The Kier molecular flexibility index (Phi) is 3.15. The SMILES string of the molecule is CC(Oc1ccc2ccc3cccc4ccc1c2c34)c1nc2ccccc2[nH]1. The molecule has 1 unspecified atom stereocenters. The Bertz CT molecular complexity index is 1420. The number of nitrogens with zero attached hydrogens (tertiary/aromatic N) is 1. The van der Waals surface area contributed by atoms with Crippen molar-refractivity contribution in [3.05, 3.63) is 84.7 Å². The van der Waals surface area contributed by atoms with E-state index in [9.17, 15) is 0 Å². The number of H-pyrrole nitrogens is 1. The highest BCUT2D eigenvalue weighted by atomic mass is 16.5. The highest BCUT2D eigenvalue weighted by molar-refractivity contribution is 6.24. The lowest BCUT2D eigenvalue weighted by Crippen LogP contribution is -2.05. The van der Waals surface area contributed by atoms with Gasteiger partial charge in [0.05, 0.1) is 11.0 Å². The summed E-state index contributed by atoms with van der Waals surface area (Å²) in [6, 6.07) is 27.5. The predicted octanol–water partition coefficient (Wildman–Crippen LogP) is 6.60. The Hall–Kier alpha value is -3.59. The number of hydrogen-bond acceptors (Lipinski definition) is 2. The van der Waals surface area contributed by atoms with Crippen LogP contribution in [0.4, 0.5) is 0 Å². The van der Waals surface area contributed by atoms with E-state index in [1.54, 1.807) is 0 Å². The van der Waals surface area contributed by atoms with Crippen LogP contribution < -0.4 is 4.74 Å². The summed E-state index contributed by atoms with van der Waals surface area (Å²) in [7, 11) is 0. The first-order valence-electron chi connectivity index (χ1n) is 9.56. The molecule has 0 aliphatic heterocycles. The number of aromatic amines is 1. The third-order valence-electron chi connectivity index (χ3n) is 5.59. The quantitative estimate of drug-likeness (QED) is 0.360. The van der Waals surface area contributed by atoms with E-state index in [0.717, 1.165) is 28.0 Å². The maximum absolute atomic E-state index is 6.39. The average Bonchev–Trinajstić information content (AvgIpc) is 3.17. The summed E-state index contributed by atoms with van der Waals surface area (Å²) in [5, 5.41) is 7.48. The van der Waals surface area contributed by atoms with E-state index in [1.807, 2.05) is 31.2 Å². The van der Waals surface area contributed by atoms with Gasteiger partial charge in [0.1, 0.15) is 11.6 Å². The van der Waals surface area contributed by atoms with Crippen molar-refractivity contribution in [2.45, 2.75) is 13.0 Å². The summed E-state index contributed by atoms with van der Waals surface area (Å²) >= 11 is 0. The van der Waals surface area contributed by atoms with Gasteiger partial charge in [0, 0.05) is 10.8 Å². The molecule has 0 radical (unpaired) electrons. The largest absolute Gasteiger partial charge is 0.482 e. The lowest BCUT2D eigenvalue weighted by atomic mass is 9.94. The van der Waals surface area contributed by atoms with Gasteiger partial charge in [-0.25, -0.2) is 4.98 Å². The average molecular weight is 362 g/mol. The lowest BCUT2D eigenvalue weighted by Gasteiger charge is -2.17. The van der Waals surface area contributed by atoms with Gasteiger partial charge in [-0.2, -0.15) is 0 Å². The van der Waals surface area contributed by atoms with E-state index in [4.69, 9.17) is 4.74 Å². The molecule has 0 amide bonds. The van der Waals surface area contributed by atoms with Crippen molar-refractivity contribution in [1.82, 2.24) is 9.97 Å². The van der Waals surface area contributed by atoms with Crippen molar-refractivity contribution < 1.29 is 4.74 Å². The molecule has 134 valence electrons. The molecule has 0 aliphatic rings. The van der Waals surface area contributed by atoms with Crippen molar-refractivity contribution in [1.29, 1.82) is 0 Å². The van der Waals surface area contributed by atoms with Crippen LogP contribution in [-0.4, -0.2) is 9.97 Å². The van der Waals surface area contributed by atoms with Crippen molar-refractivity contribution in [2.75, 3.05) is 0 Å². The number of ether oxygens (including phenoxy) is 1. The number of para-hydroxylation sites is 2. The van der Waals surface area contributed by atoms with Gasteiger partial charge < -0.3 is 9.72 Å². The van der Waals surface area contributed by atoms with Gasteiger partial charge in [-0.05, 0) is 52.7 Å². The van der Waals surface area contributed by atoms with E-state index in [1.165, 1.54) is 26.9 Å². The van der Waals surface area contributed by atoms with Crippen LogP contribution in [0.1, 0.15) is 18.9 Å². The van der Waals surface area contributed by atoms with Gasteiger partial charge in [0.2, 0.25) is 0 Å². The number of imidazole rings is 1. The second kappa shape index (κ2) is 5.70. The molecule has 28 heavy (non-hydrogen) atoms. The Morgan fingerprint density at radius 2 is 1.46 bits per heavy atom. The minimum Gasteiger partial charge on any atom is -0.482 e. The Labute approximate surface area is 161 Å². The van der Waals surface area contributed by atoms with Gasteiger partial charge in [-0.1, -0.05) is 54.6 Å². The second-order valence-electron chi connectivity index (χ2n) is 7.32. The van der Waals surface area contributed by atoms with E-state index in [0.29, 0.717) is 0 Å². The number of nitrogens with one attached hydrogen (secondary N) is 1. The van der Waals surface area contributed by atoms with Crippen LogP contribution in [0.3, 0.4) is 0 Å². The highest BCUT2D eigenvalue weighted by Crippen LogP contribution is 2.39. The molecule has 0 spiro atoms. The minimum atomic E-state index is -0.175. The van der Waals surface area contributed by atoms with Crippen LogP contribution >= 0.6 is 0 Å². The summed E-state index contributed by atoms with van der Waals surface area (Å²) < 4.78 is 6.39. The predicted molar refractivity (Wildman–Crippen MR) is 115 cm³/mol. The molecule has 6 rings (SSSR count). The molecule has 1 N–H and O–H groups in total. The molecule has 3 heteroatoms. The number of rotatable bonds is 3. The first-order chi connectivity index (χ1) is 13.8. The monoisotopic (exact) mass is 362 g/mol. The Morgan fingerprint density at radius 1 is 0.750 bits per heavy atom. The third kappa shape index (κ3) is 2.20. The zero-order chi connectivity index (χ0) is 18.7. The van der Waals surface area contributed by atoms with Crippen LogP contribution in [-0.2, 0) is 0 Å². The molecular weight excluding hydrogens is 344 g/mol. The number of benzene rings is 5. The molecule has 0 fully saturated rings. The van der Waals surface area contributed by atoms with Gasteiger partial charge in [0.15, 0.2) is 6.10 Å². The van der Waals surface area contributed by atoms with Crippen LogP contribution in [0.25, 0.3) is 43.4 Å². The first kappa shape index (κ1) is 15.5. The van der Waals surface area contributed by atoms with Crippen LogP contribution in [0.15, 0.2) is 78.9 Å². The topological polar surface area (TPSA) is 37.9 Å². The minimum absolute atomic E-state index is 0.175. The van der Waals surface area contributed by atoms with Gasteiger partial charge in [0.25, 0.3) is 0 Å². The molecule has 0 saturated heterocycles. The zero-order valence-electron chi connectivity index (χ0n) is 15.4. The zero-order valence-corrected chi connectivity index (χ0v) is 15.4. The van der Waals surface area contributed by atoms with E-state index >= 15 is 0 Å². The highest BCUT2D eigenvalue weighted by Gasteiger charge is 2.16. The van der Waals surface area contributed by atoms with E-state index in [2.05, 4.69) is 64.6 Å². The normalized spacial score (nSPS) is 13.0. The summed E-state index contributed by atoms with van der Waals surface area (Å²) in [6.07, 6.45) is -0.175. The smallest absolute Gasteiger partial charge is 0.153 e. The van der Waals surface area contributed by atoms with Crippen LogP contribution in [0.5, 0.6) is 5.75 Å². The molecule has 5 aromatic carbocycles. The van der Waals surface area contributed by atoms with E-state index < -0.39 is 0 Å². The summed E-state index contributed by atoms with van der Waals surface area (Å²) in [5.74, 6) is 1.73. The maximum atomic E-state index is 6.39. The molecule has 1 heterocycles. The van der Waals surface area contributed by atoms with E-state index in [-0.39, 0.29) is 6.10 Å². The molecule has 0 saturated carbocycles. The molecular formula is C25H18N2O. The maximum Gasteiger partial charge on any atom is 0.153 e. The lowest BCUT2D eigenvalue weighted by molar-refractivity contribution is 0.221. The van der Waals surface area contributed by atoms with Crippen molar-refractivity contribution in [2.24, 2.45) is 0 Å². The fourth-order valence-corrected chi connectivity index (χ4v) is 4.22. The van der Waals surface area contributed by atoms with Crippen molar-refractivity contribution in [3.8, 4) is 5.75 Å². The number of aromatic nitrogens is 2. The second-order valence-corrected chi connectivity index (χ2v) is 7.32. The number of hydrogen-bond donors (Lipinski definition) is 1.